The minimum Gasteiger partial charge on any atom is -0.192 e. The Bertz CT molecular complexity index is 474. The van der Waals surface area contributed by atoms with Gasteiger partial charge < -0.3 is 0 Å². The van der Waals surface area contributed by atoms with Gasteiger partial charge in [-0.05, 0) is 11.1 Å². The highest BCUT2D eigenvalue weighted by molar-refractivity contribution is 5.31. The van der Waals surface area contributed by atoms with Crippen LogP contribution in [-0.2, 0) is 0 Å². The number of aromatic nitrogens is 1. The van der Waals surface area contributed by atoms with Crippen LogP contribution in [0.2, 0.25) is 0 Å². The number of azo groups is 2. The molecule has 2 heterocycles. The maximum Gasteiger partial charge on any atom is 0.348 e. The van der Waals surface area contributed by atoms with Gasteiger partial charge in [0.2, 0.25) is 0 Å². The van der Waals surface area contributed by atoms with Crippen LogP contribution in [0.3, 0.4) is 0 Å². The summed E-state index contributed by atoms with van der Waals surface area (Å²) in [4.78, 5) is 4.08. The largest absolute Gasteiger partial charge is 0.348 e. The molecule has 0 amide bonds. The van der Waals surface area contributed by atoms with E-state index < -0.39 is 0 Å². The highest BCUT2D eigenvalue weighted by Gasteiger charge is 2.13. The van der Waals surface area contributed by atoms with Crippen LogP contribution in [0.25, 0.3) is 0 Å². The van der Waals surface area contributed by atoms with Crippen LogP contribution in [0, 0.1) is 11.3 Å². The fourth-order valence-electron chi connectivity index (χ4n) is 1.08. The van der Waals surface area contributed by atoms with E-state index in [0.717, 1.165) is 0 Å². The first-order valence-electron chi connectivity index (χ1n) is 4.04. The number of hydrogen-bond donors (Lipinski definition) is 0. The fraction of sp³-hybridized carbons (Fsp3) is 0. The van der Waals surface area contributed by atoms with Crippen molar-refractivity contribution in [1.82, 2.24) is 4.98 Å². The van der Waals surface area contributed by atoms with E-state index in [1.807, 2.05) is 6.07 Å². The number of allylic oxidation sites excluding steroid dienone is 1. The monoisotopic (exact) mass is 183 g/mol. The highest BCUT2D eigenvalue weighted by atomic mass is 15.3. The Morgan fingerprint density at radius 2 is 2.29 bits per heavy atom. The first kappa shape index (κ1) is 8.32. The second-order valence-electron chi connectivity index (χ2n) is 2.77. The number of pyridine rings is 1. The van der Waals surface area contributed by atoms with Gasteiger partial charge in [-0.1, -0.05) is 11.7 Å². The Kier molecular flexibility index (Phi) is 1.92. The van der Waals surface area contributed by atoms with Crippen LogP contribution in [-0.4, -0.2) is 9.68 Å². The Balaban J connectivity index is 2.36. The van der Waals surface area contributed by atoms with Gasteiger partial charge in [-0.15, -0.1) is 4.70 Å². The van der Waals surface area contributed by atoms with Gasteiger partial charge in [0.05, 0.1) is 5.56 Å². The third-order valence-corrected chi connectivity index (χ3v) is 1.76. The van der Waals surface area contributed by atoms with E-state index in [0.29, 0.717) is 17.1 Å². The average Bonchev–Trinajstić information content (AvgIpc) is 2.65. The second kappa shape index (κ2) is 3.23. The molecule has 0 atom stereocenters. The maximum atomic E-state index is 8.58. The molecular weight excluding hydrogens is 176 g/mol. The van der Waals surface area contributed by atoms with E-state index in [-0.39, 0.29) is 0 Å². The minimum atomic E-state index is 0.538. The molecule has 0 radical (unpaired) electrons. The van der Waals surface area contributed by atoms with Crippen LogP contribution in [0.4, 0.5) is 5.82 Å². The van der Waals surface area contributed by atoms with Crippen molar-refractivity contribution in [1.29, 1.82) is 5.26 Å². The lowest BCUT2D eigenvalue weighted by Gasteiger charge is -1.88. The van der Waals surface area contributed by atoms with Gasteiger partial charge in [-0.25, -0.2) is 0 Å². The molecule has 0 fully saturated rings. The molecule has 0 N–H and O–H groups in total. The molecular formula is C10H7N4+. The van der Waals surface area contributed by atoms with Crippen LogP contribution in [0.15, 0.2) is 48.0 Å². The van der Waals surface area contributed by atoms with Gasteiger partial charge in [0.25, 0.3) is 0 Å². The third-order valence-electron chi connectivity index (χ3n) is 1.76. The van der Waals surface area contributed by atoms with Crippen molar-refractivity contribution in [2.75, 3.05) is 0 Å². The lowest BCUT2D eigenvalue weighted by atomic mass is 10.3. The predicted molar refractivity (Wildman–Crippen MR) is 49.6 cm³/mol. The van der Waals surface area contributed by atoms with Gasteiger partial charge in [0, 0.05) is 12.1 Å². The molecule has 0 saturated heterocycles. The molecule has 1 aliphatic rings. The molecule has 0 aliphatic carbocycles. The molecule has 14 heavy (non-hydrogen) atoms. The van der Waals surface area contributed by atoms with E-state index in [9.17, 15) is 0 Å². The first-order valence-corrected chi connectivity index (χ1v) is 4.04. The van der Waals surface area contributed by atoms with Crippen molar-refractivity contribution in [2.45, 2.75) is 0 Å². The molecule has 4 nitrogen and oxygen atoms in total. The SMILES string of the molecule is C=C1C=C[N+](c2ccc(C#N)cn2)=N1. The zero-order chi connectivity index (χ0) is 9.97. The van der Waals surface area contributed by atoms with Crippen LogP contribution < -0.4 is 0 Å². The van der Waals surface area contributed by atoms with Crippen LogP contribution >= 0.6 is 0 Å². The minimum absolute atomic E-state index is 0.538. The van der Waals surface area contributed by atoms with Crippen molar-refractivity contribution in [2.24, 2.45) is 5.11 Å². The Morgan fingerprint density at radius 3 is 2.79 bits per heavy atom. The summed E-state index contributed by atoms with van der Waals surface area (Å²) in [6.07, 6.45) is 5.08. The summed E-state index contributed by atoms with van der Waals surface area (Å²) in [7, 11) is 0. The van der Waals surface area contributed by atoms with Gasteiger partial charge in [-0.2, -0.15) is 5.26 Å². The molecule has 0 unspecified atom stereocenters. The van der Waals surface area contributed by atoms with Crippen LogP contribution in [0.1, 0.15) is 5.56 Å². The summed E-state index contributed by atoms with van der Waals surface area (Å²) in [6.45, 7) is 3.69. The standard InChI is InChI=1S/C10H7N4/c1-8-4-5-14(13-8)10-3-2-9(6-11)7-12-10/h2-5,7H,1H2/q+1. The molecule has 2 rings (SSSR count). The number of nitriles is 1. The molecule has 0 aromatic carbocycles. The topological polar surface area (TPSA) is 52.0 Å². The molecule has 1 aromatic heterocycles. The van der Waals surface area contributed by atoms with Gasteiger partial charge in [-0.3, -0.25) is 0 Å². The van der Waals surface area contributed by atoms with E-state index >= 15 is 0 Å². The fourth-order valence-corrected chi connectivity index (χ4v) is 1.08. The van der Waals surface area contributed by atoms with Crippen molar-refractivity contribution < 1.29 is 4.70 Å². The summed E-state index contributed by atoms with van der Waals surface area (Å²) in [5, 5.41) is 12.7. The number of hydrogen-bond acceptors (Lipinski definition) is 3. The quantitative estimate of drug-likeness (QED) is 0.626. The van der Waals surface area contributed by atoms with Crippen molar-refractivity contribution >= 4 is 5.82 Å². The maximum absolute atomic E-state index is 8.58. The van der Waals surface area contributed by atoms with Crippen molar-refractivity contribution in [3.8, 4) is 6.07 Å². The molecule has 0 bridgehead atoms. The normalized spacial score (nSPS) is 13.9. The zero-order valence-electron chi connectivity index (χ0n) is 7.38. The summed E-state index contributed by atoms with van der Waals surface area (Å²) < 4.78 is 1.61. The van der Waals surface area contributed by atoms with Crippen molar-refractivity contribution in [3.05, 3.63) is 48.4 Å². The summed E-state index contributed by atoms with van der Waals surface area (Å²) in [6, 6.07) is 5.45. The first-order chi connectivity index (χ1) is 6.79. The van der Waals surface area contributed by atoms with Crippen molar-refractivity contribution in [3.63, 3.8) is 0 Å². The Hall–Kier alpha value is -2.28. The Labute approximate surface area is 81.1 Å². The molecule has 0 saturated carbocycles. The van der Waals surface area contributed by atoms with Gasteiger partial charge in [0.1, 0.15) is 18.0 Å². The number of nitrogens with zero attached hydrogens (tertiary/aromatic N) is 4. The third kappa shape index (κ3) is 1.43. The Morgan fingerprint density at radius 1 is 1.43 bits per heavy atom. The molecule has 0 spiro atoms. The summed E-state index contributed by atoms with van der Waals surface area (Å²) in [5.41, 5.74) is 1.23. The molecule has 1 aliphatic heterocycles. The summed E-state index contributed by atoms with van der Waals surface area (Å²) in [5.74, 6) is 0.680. The lowest BCUT2D eigenvalue weighted by molar-refractivity contribution is -0.435. The molecule has 66 valence electrons. The highest BCUT2D eigenvalue weighted by Crippen LogP contribution is 2.16. The lowest BCUT2D eigenvalue weighted by Crippen LogP contribution is -1.92. The zero-order valence-corrected chi connectivity index (χ0v) is 7.38. The van der Waals surface area contributed by atoms with Gasteiger partial charge >= 0.3 is 5.82 Å². The van der Waals surface area contributed by atoms with Crippen LogP contribution in [0.5, 0.6) is 0 Å². The molecule has 1 aromatic rings. The van der Waals surface area contributed by atoms with E-state index in [1.54, 1.807) is 29.1 Å². The molecule has 4 heteroatoms. The van der Waals surface area contributed by atoms with E-state index in [4.69, 9.17) is 5.26 Å². The summed E-state index contributed by atoms with van der Waals surface area (Å²) >= 11 is 0. The smallest absolute Gasteiger partial charge is 0.192 e. The number of rotatable bonds is 1. The second-order valence-corrected chi connectivity index (χ2v) is 2.77. The predicted octanol–water partition coefficient (Wildman–Crippen LogP) is 2.09. The van der Waals surface area contributed by atoms with E-state index in [1.165, 1.54) is 6.20 Å². The van der Waals surface area contributed by atoms with Gasteiger partial charge in [0.15, 0.2) is 6.20 Å². The van der Waals surface area contributed by atoms with E-state index in [2.05, 4.69) is 16.7 Å². The average molecular weight is 183 g/mol.